The molecule has 114 valence electrons. The van der Waals surface area contributed by atoms with E-state index in [9.17, 15) is 0 Å². The fourth-order valence-corrected chi connectivity index (χ4v) is 2.27. The molecule has 0 fully saturated rings. The van der Waals surface area contributed by atoms with Crippen molar-refractivity contribution in [2.24, 2.45) is 0 Å². The number of nitrogens with one attached hydrogen (secondary N) is 1. The predicted molar refractivity (Wildman–Crippen MR) is 86.3 cm³/mol. The van der Waals surface area contributed by atoms with Crippen molar-refractivity contribution in [1.82, 2.24) is 15.3 Å². The van der Waals surface area contributed by atoms with Gasteiger partial charge in [-0.2, -0.15) is 0 Å². The molecule has 0 aliphatic carbocycles. The van der Waals surface area contributed by atoms with Crippen LogP contribution in [0.4, 0.5) is 5.69 Å². The number of nitrogens with zero attached hydrogens (tertiary/aromatic N) is 3. The molecule has 0 aromatic carbocycles. The van der Waals surface area contributed by atoms with Gasteiger partial charge in [0, 0.05) is 25.0 Å². The molecule has 1 aromatic heterocycles. The molecule has 0 aliphatic rings. The highest BCUT2D eigenvalue weighted by Gasteiger charge is 2.16. The average Bonchev–Trinajstić information content (AvgIpc) is 2.40. The van der Waals surface area contributed by atoms with Gasteiger partial charge >= 0.3 is 0 Å². The first-order valence-electron chi connectivity index (χ1n) is 7.84. The Labute approximate surface area is 124 Å². The predicted octanol–water partition coefficient (Wildman–Crippen LogP) is 3.33. The lowest BCUT2D eigenvalue weighted by molar-refractivity contribution is 0.637. The van der Waals surface area contributed by atoms with Gasteiger partial charge in [-0.25, -0.2) is 9.97 Å². The highest BCUT2D eigenvalue weighted by atomic mass is 15.2. The second kappa shape index (κ2) is 8.20. The lowest BCUT2D eigenvalue weighted by Crippen LogP contribution is -2.32. The van der Waals surface area contributed by atoms with E-state index in [0.717, 1.165) is 43.3 Å². The largest absolute Gasteiger partial charge is 0.367 e. The van der Waals surface area contributed by atoms with E-state index in [4.69, 9.17) is 4.98 Å². The van der Waals surface area contributed by atoms with E-state index in [2.05, 4.69) is 56.7 Å². The smallest absolute Gasteiger partial charge is 0.131 e. The second-order valence-electron chi connectivity index (χ2n) is 5.77. The summed E-state index contributed by atoms with van der Waals surface area (Å²) in [5, 5.41) is 3.46. The van der Waals surface area contributed by atoms with Gasteiger partial charge in [0.15, 0.2) is 0 Å². The van der Waals surface area contributed by atoms with E-state index < -0.39 is 0 Å². The quantitative estimate of drug-likeness (QED) is 0.741. The van der Waals surface area contributed by atoms with Crippen LogP contribution in [-0.4, -0.2) is 29.1 Å². The van der Waals surface area contributed by atoms with Gasteiger partial charge < -0.3 is 10.2 Å². The number of hydrogen-bond acceptors (Lipinski definition) is 4. The summed E-state index contributed by atoms with van der Waals surface area (Å²) in [6.45, 7) is 15.9. The fraction of sp³-hybridized carbons (Fsp3) is 0.750. The van der Waals surface area contributed by atoms with Crippen LogP contribution in [0.2, 0.25) is 0 Å². The van der Waals surface area contributed by atoms with Crippen molar-refractivity contribution in [3.05, 3.63) is 17.7 Å². The van der Waals surface area contributed by atoms with E-state index in [1.54, 1.807) is 0 Å². The van der Waals surface area contributed by atoms with Gasteiger partial charge in [-0.1, -0.05) is 20.8 Å². The van der Waals surface area contributed by atoms with Crippen LogP contribution in [0.5, 0.6) is 0 Å². The zero-order valence-electron chi connectivity index (χ0n) is 13.9. The maximum absolute atomic E-state index is 4.78. The minimum Gasteiger partial charge on any atom is -0.367 e. The standard InChI is InChI=1S/C16H30N4/c1-7-9-17-10-14-15(20(8-2)13(5)6)11-18-16(19-14)12(3)4/h11-13,17H,7-10H2,1-6H3. The first kappa shape index (κ1) is 16.9. The second-order valence-corrected chi connectivity index (χ2v) is 5.77. The SMILES string of the molecule is CCCNCc1nc(C(C)C)ncc1N(CC)C(C)C. The molecule has 0 saturated carbocycles. The van der Waals surface area contributed by atoms with Crippen LogP contribution < -0.4 is 10.2 Å². The van der Waals surface area contributed by atoms with Crippen molar-refractivity contribution in [2.75, 3.05) is 18.0 Å². The molecule has 0 unspecified atom stereocenters. The Balaban J connectivity index is 3.07. The van der Waals surface area contributed by atoms with E-state index in [1.807, 2.05) is 6.20 Å². The normalized spacial score (nSPS) is 11.4. The van der Waals surface area contributed by atoms with Gasteiger partial charge in [0.05, 0.1) is 17.6 Å². The van der Waals surface area contributed by atoms with E-state index in [-0.39, 0.29) is 0 Å². The summed E-state index contributed by atoms with van der Waals surface area (Å²) in [7, 11) is 0. The summed E-state index contributed by atoms with van der Waals surface area (Å²) < 4.78 is 0. The van der Waals surface area contributed by atoms with Crippen molar-refractivity contribution in [1.29, 1.82) is 0 Å². The Hall–Kier alpha value is -1.16. The van der Waals surface area contributed by atoms with Crippen LogP contribution in [0, 0.1) is 0 Å². The van der Waals surface area contributed by atoms with E-state index in [0.29, 0.717) is 12.0 Å². The molecule has 1 heterocycles. The Morgan fingerprint density at radius 3 is 2.40 bits per heavy atom. The minimum atomic E-state index is 0.364. The summed E-state index contributed by atoms with van der Waals surface area (Å²) in [6.07, 6.45) is 3.13. The first-order valence-corrected chi connectivity index (χ1v) is 7.84. The molecule has 1 N–H and O–H groups in total. The van der Waals surface area contributed by atoms with Crippen LogP contribution in [0.25, 0.3) is 0 Å². The third-order valence-corrected chi connectivity index (χ3v) is 3.37. The van der Waals surface area contributed by atoms with Crippen molar-refractivity contribution in [3.63, 3.8) is 0 Å². The van der Waals surface area contributed by atoms with Gasteiger partial charge in [-0.05, 0) is 33.7 Å². The first-order chi connectivity index (χ1) is 9.51. The van der Waals surface area contributed by atoms with Gasteiger partial charge in [0.2, 0.25) is 0 Å². The summed E-state index contributed by atoms with van der Waals surface area (Å²) in [5.74, 6) is 1.30. The fourth-order valence-electron chi connectivity index (χ4n) is 2.27. The van der Waals surface area contributed by atoms with Crippen molar-refractivity contribution in [3.8, 4) is 0 Å². The van der Waals surface area contributed by atoms with Crippen molar-refractivity contribution in [2.45, 2.75) is 66.5 Å². The van der Waals surface area contributed by atoms with E-state index >= 15 is 0 Å². The van der Waals surface area contributed by atoms with Crippen molar-refractivity contribution >= 4 is 5.69 Å². The zero-order valence-corrected chi connectivity index (χ0v) is 13.9. The minimum absolute atomic E-state index is 0.364. The Bertz CT molecular complexity index is 401. The van der Waals surface area contributed by atoms with Crippen molar-refractivity contribution < 1.29 is 0 Å². The number of rotatable bonds is 8. The number of aromatic nitrogens is 2. The van der Waals surface area contributed by atoms with Crippen LogP contribution in [0.3, 0.4) is 0 Å². The Morgan fingerprint density at radius 2 is 1.90 bits per heavy atom. The molecule has 0 amide bonds. The molecule has 20 heavy (non-hydrogen) atoms. The van der Waals surface area contributed by atoms with Gasteiger partial charge in [-0.3, -0.25) is 0 Å². The molecule has 0 aliphatic heterocycles. The molecular formula is C16H30N4. The Kier molecular flexibility index (Phi) is 6.93. The van der Waals surface area contributed by atoms with Crippen LogP contribution in [-0.2, 0) is 6.54 Å². The van der Waals surface area contributed by atoms with Gasteiger partial charge in [-0.15, -0.1) is 0 Å². The molecular weight excluding hydrogens is 248 g/mol. The zero-order chi connectivity index (χ0) is 15.1. The Morgan fingerprint density at radius 1 is 1.20 bits per heavy atom. The summed E-state index contributed by atoms with van der Waals surface area (Å²) in [5.41, 5.74) is 2.28. The van der Waals surface area contributed by atoms with Gasteiger partial charge in [0.25, 0.3) is 0 Å². The summed E-state index contributed by atoms with van der Waals surface area (Å²) in [4.78, 5) is 11.7. The molecule has 0 bridgehead atoms. The maximum atomic E-state index is 4.78. The summed E-state index contributed by atoms with van der Waals surface area (Å²) >= 11 is 0. The van der Waals surface area contributed by atoms with Gasteiger partial charge in [0.1, 0.15) is 5.82 Å². The molecule has 0 atom stereocenters. The summed E-state index contributed by atoms with van der Waals surface area (Å²) in [6, 6.07) is 0.457. The third kappa shape index (κ3) is 4.44. The molecule has 1 rings (SSSR count). The number of anilines is 1. The third-order valence-electron chi connectivity index (χ3n) is 3.37. The molecule has 4 nitrogen and oxygen atoms in total. The van der Waals surface area contributed by atoms with Crippen LogP contribution in [0.15, 0.2) is 6.20 Å². The number of hydrogen-bond donors (Lipinski definition) is 1. The average molecular weight is 278 g/mol. The lowest BCUT2D eigenvalue weighted by Gasteiger charge is -2.29. The maximum Gasteiger partial charge on any atom is 0.131 e. The molecule has 4 heteroatoms. The lowest BCUT2D eigenvalue weighted by atomic mass is 10.2. The highest BCUT2D eigenvalue weighted by molar-refractivity contribution is 5.49. The van der Waals surface area contributed by atoms with E-state index in [1.165, 1.54) is 0 Å². The van der Waals surface area contributed by atoms with Crippen LogP contribution >= 0.6 is 0 Å². The highest BCUT2D eigenvalue weighted by Crippen LogP contribution is 2.22. The molecule has 0 spiro atoms. The topological polar surface area (TPSA) is 41.1 Å². The molecule has 0 radical (unpaired) electrons. The molecule has 1 aromatic rings. The monoisotopic (exact) mass is 278 g/mol. The molecule has 0 saturated heterocycles. The van der Waals surface area contributed by atoms with Crippen LogP contribution in [0.1, 0.15) is 65.4 Å².